The van der Waals surface area contributed by atoms with Crippen LogP contribution in [0.25, 0.3) is 16.5 Å². The van der Waals surface area contributed by atoms with Crippen molar-refractivity contribution >= 4 is 34.0 Å². The van der Waals surface area contributed by atoms with Gasteiger partial charge in [0.15, 0.2) is 0 Å². The molecule has 0 spiro atoms. The summed E-state index contributed by atoms with van der Waals surface area (Å²) in [5.41, 5.74) is 4.11. The first-order valence-electron chi connectivity index (χ1n) is 9.88. The summed E-state index contributed by atoms with van der Waals surface area (Å²) in [5.74, 6) is 1.04. The van der Waals surface area contributed by atoms with Crippen LogP contribution in [0, 0.1) is 0 Å². The molecule has 0 radical (unpaired) electrons. The number of allylic oxidation sites excluding steroid dienone is 3. The van der Waals surface area contributed by atoms with Crippen LogP contribution in [0.4, 0.5) is 11.6 Å². The van der Waals surface area contributed by atoms with Crippen LogP contribution in [0.2, 0.25) is 0 Å². The number of nitrogens with one attached hydrogen (secondary N) is 1. The van der Waals surface area contributed by atoms with Gasteiger partial charge in [-0.15, -0.1) is 0 Å². The Morgan fingerprint density at radius 2 is 1.90 bits per heavy atom. The predicted octanol–water partition coefficient (Wildman–Crippen LogP) is 4.53. The van der Waals surface area contributed by atoms with E-state index in [1.54, 1.807) is 24.5 Å². The summed E-state index contributed by atoms with van der Waals surface area (Å²) >= 11 is 0. The standard InChI is InChI=1S/C24H25N5O/c1-16-6-5-7-21(29(16)4)17-8-9-19-15-26-22(13-20(19)12-17)27-24(30)18-10-11-25-23(14-18)28(2)3/h6-15H,5H2,1-4H3,(H,26,27,30). The van der Waals surface area contributed by atoms with Gasteiger partial charge >= 0.3 is 0 Å². The van der Waals surface area contributed by atoms with E-state index in [0.29, 0.717) is 11.4 Å². The van der Waals surface area contributed by atoms with Crippen molar-refractivity contribution in [2.45, 2.75) is 13.3 Å². The largest absolute Gasteiger partial charge is 0.363 e. The number of pyridine rings is 2. The summed E-state index contributed by atoms with van der Waals surface area (Å²) in [6.07, 6.45) is 8.79. The van der Waals surface area contributed by atoms with Crippen LogP contribution in [0.5, 0.6) is 0 Å². The number of hydrogen-bond acceptors (Lipinski definition) is 5. The first-order chi connectivity index (χ1) is 14.4. The van der Waals surface area contributed by atoms with E-state index in [-0.39, 0.29) is 5.91 Å². The van der Waals surface area contributed by atoms with Gasteiger partial charge < -0.3 is 15.1 Å². The molecule has 0 saturated carbocycles. The lowest BCUT2D eigenvalue weighted by molar-refractivity contribution is 0.102. The van der Waals surface area contributed by atoms with E-state index in [1.807, 2.05) is 25.1 Å². The van der Waals surface area contributed by atoms with Gasteiger partial charge in [0.05, 0.1) is 0 Å². The average molecular weight is 399 g/mol. The molecular formula is C24H25N5O. The molecule has 0 bridgehead atoms. The van der Waals surface area contributed by atoms with E-state index in [9.17, 15) is 4.79 Å². The number of aromatic nitrogens is 2. The normalized spacial score (nSPS) is 13.7. The molecule has 0 saturated heterocycles. The summed E-state index contributed by atoms with van der Waals surface area (Å²) in [6.45, 7) is 2.12. The number of fused-ring (bicyclic) bond motifs is 1. The third-order valence-electron chi connectivity index (χ3n) is 5.34. The molecule has 0 atom stereocenters. The van der Waals surface area contributed by atoms with E-state index in [1.165, 1.54) is 11.4 Å². The third kappa shape index (κ3) is 3.89. The van der Waals surface area contributed by atoms with Crippen molar-refractivity contribution in [1.29, 1.82) is 0 Å². The molecule has 3 aromatic rings. The van der Waals surface area contributed by atoms with E-state index in [4.69, 9.17) is 0 Å². The van der Waals surface area contributed by atoms with Crippen LogP contribution >= 0.6 is 0 Å². The second kappa shape index (κ2) is 7.99. The quantitative estimate of drug-likeness (QED) is 0.698. The number of anilines is 2. The molecule has 30 heavy (non-hydrogen) atoms. The topological polar surface area (TPSA) is 61.4 Å². The molecule has 3 heterocycles. The lowest BCUT2D eigenvalue weighted by Gasteiger charge is -2.27. The molecule has 0 unspecified atom stereocenters. The molecule has 1 aromatic carbocycles. The van der Waals surface area contributed by atoms with Gasteiger partial charge in [-0.25, -0.2) is 9.97 Å². The van der Waals surface area contributed by atoms with E-state index >= 15 is 0 Å². The highest BCUT2D eigenvalue weighted by atomic mass is 16.1. The van der Waals surface area contributed by atoms with E-state index < -0.39 is 0 Å². The first-order valence-corrected chi connectivity index (χ1v) is 9.88. The second-order valence-corrected chi connectivity index (χ2v) is 7.61. The van der Waals surface area contributed by atoms with Gasteiger partial charge in [-0.1, -0.05) is 24.3 Å². The maximum atomic E-state index is 12.7. The van der Waals surface area contributed by atoms with Crippen molar-refractivity contribution in [3.8, 4) is 0 Å². The van der Waals surface area contributed by atoms with Crippen LogP contribution in [0.3, 0.4) is 0 Å². The van der Waals surface area contributed by atoms with Crippen molar-refractivity contribution < 1.29 is 4.79 Å². The molecule has 6 nitrogen and oxygen atoms in total. The Balaban J connectivity index is 1.61. The first kappa shape index (κ1) is 19.6. The second-order valence-electron chi connectivity index (χ2n) is 7.61. The molecule has 1 aliphatic rings. The van der Waals surface area contributed by atoms with Crippen molar-refractivity contribution in [3.63, 3.8) is 0 Å². The summed E-state index contributed by atoms with van der Waals surface area (Å²) < 4.78 is 0. The van der Waals surface area contributed by atoms with Crippen LogP contribution in [0.15, 0.2) is 66.6 Å². The number of carbonyl (C=O) groups excluding carboxylic acids is 1. The monoisotopic (exact) mass is 399 g/mol. The average Bonchev–Trinajstić information content (AvgIpc) is 2.75. The van der Waals surface area contributed by atoms with Crippen molar-refractivity contribution in [2.75, 3.05) is 31.4 Å². The number of amides is 1. The molecule has 4 rings (SSSR count). The zero-order valence-electron chi connectivity index (χ0n) is 17.7. The Hall–Kier alpha value is -3.67. The van der Waals surface area contributed by atoms with Crippen LogP contribution in [0.1, 0.15) is 29.3 Å². The van der Waals surface area contributed by atoms with Gasteiger partial charge in [-0.3, -0.25) is 4.79 Å². The molecule has 6 heteroatoms. The SMILES string of the molecule is CC1=CCC=C(c2ccc3cnc(NC(=O)c4ccnc(N(C)C)c4)cc3c2)N1C. The molecular weight excluding hydrogens is 374 g/mol. The minimum absolute atomic E-state index is 0.209. The van der Waals surface area contributed by atoms with Crippen molar-refractivity contribution in [3.05, 3.63) is 77.8 Å². The van der Waals surface area contributed by atoms with E-state index in [2.05, 4.69) is 64.5 Å². The van der Waals surface area contributed by atoms with Crippen molar-refractivity contribution in [1.82, 2.24) is 14.9 Å². The Labute approximate surface area is 176 Å². The van der Waals surface area contributed by atoms with Gasteiger partial charge in [0.25, 0.3) is 5.91 Å². The fraction of sp³-hybridized carbons (Fsp3) is 0.208. The molecule has 152 valence electrons. The summed E-state index contributed by atoms with van der Waals surface area (Å²) in [5, 5.41) is 4.96. The minimum Gasteiger partial charge on any atom is -0.363 e. The molecule has 0 fully saturated rings. The highest BCUT2D eigenvalue weighted by Crippen LogP contribution is 2.29. The smallest absolute Gasteiger partial charge is 0.257 e. The van der Waals surface area contributed by atoms with Crippen LogP contribution in [-0.4, -0.2) is 41.9 Å². The highest BCUT2D eigenvalue weighted by Gasteiger charge is 2.14. The Bertz CT molecular complexity index is 1180. The fourth-order valence-electron chi connectivity index (χ4n) is 3.48. The fourth-order valence-corrected chi connectivity index (χ4v) is 3.48. The lowest BCUT2D eigenvalue weighted by atomic mass is 10.0. The summed E-state index contributed by atoms with van der Waals surface area (Å²) in [4.78, 5) is 25.4. The summed E-state index contributed by atoms with van der Waals surface area (Å²) in [7, 11) is 5.86. The molecule has 1 N–H and O–H groups in total. The van der Waals surface area contributed by atoms with Crippen molar-refractivity contribution in [2.24, 2.45) is 0 Å². The summed E-state index contributed by atoms with van der Waals surface area (Å²) in [6, 6.07) is 11.7. The van der Waals surface area contributed by atoms with Gasteiger partial charge in [-0.05, 0) is 48.6 Å². The zero-order valence-corrected chi connectivity index (χ0v) is 17.7. The Morgan fingerprint density at radius 1 is 1.07 bits per heavy atom. The minimum atomic E-state index is -0.209. The van der Waals surface area contributed by atoms with Gasteiger partial charge in [0.2, 0.25) is 0 Å². The van der Waals surface area contributed by atoms with Crippen LogP contribution < -0.4 is 10.2 Å². The number of nitrogens with zero attached hydrogens (tertiary/aromatic N) is 4. The predicted molar refractivity (Wildman–Crippen MR) is 122 cm³/mol. The Morgan fingerprint density at radius 3 is 2.70 bits per heavy atom. The van der Waals surface area contributed by atoms with Gasteiger partial charge in [0.1, 0.15) is 11.6 Å². The maximum Gasteiger partial charge on any atom is 0.257 e. The number of benzene rings is 1. The number of carbonyl (C=O) groups is 1. The third-order valence-corrected chi connectivity index (χ3v) is 5.34. The Kier molecular flexibility index (Phi) is 5.23. The molecule has 1 aliphatic heterocycles. The maximum absolute atomic E-state index is 12.7. The lowest BCUT2D eigenvalue weighted by Crippen LogP contribution is -2.17. The highest BCUT2D eigenvalue weighted by molar-refractivity contribution is 6.05. The van der Waals surface area contributed by atoms with Gasteiger partial charge in [-0.2, -0.15) is 0 Å². The molecule has 2 aromatic heterocycles. The van der Waals surface area contributed by atoms with Gasteiger partial charge in [0, 0.05) is 55.9 Å². The molecule has 0 aliphatic carbocycles. The number of rotatable bonds is 4. The molecule has 1 amide bonds. The van der Waals surface area contributed by atoms with E-state index in [0.717, 1.165) is 28.6 Å². The van der Waals surface area contributed by atoms with Crippen LogP contribution in [-0.2, 0) is 0 Å². The zero-order chi connectivity index (χ0) is 21.3. The number of hydrogen-bond donors (Lipinski definition) is 1.